The van der Waals surface area contributed by atoms with E-state index in [1.54, 1.807) is 58.0 Å². The van der Waals surface area contributed by atoms with Crippen molar-refractivity contribution in [2.75, 3.05) is 6.61 Å². The van der Waals surface area contributed by atoms with E-state index >= 15 is 4.79 Å². The molecule has 314 valence electrons. The van der Waals surface area contributed by atoms with E-state index in [2.05, 4.69) is 5.32 Å². The minimum absolute atomic E-state index is 0.00288. The zero-order valence-corrected chi connectivity index (χ0v) is 34.0. The normalized spacial score (nSPS) is 37.4. The van der Waals surface area contributed by atoms with Crippen LogP contribution < -0.4 is 5.32 Å². The van der Waals surface area contributed by atoms with Crippen molar-refractivity contribution in [3.63, 3.8) is 0 Å². The van der Waals surface area contributed by atoms with Crippen LogP contribution in [0.5, 0.6) is 0 Å². The van der Waals surface area contributed by atoms with E-state index < -0.39 is 113 Å². The molecular formula is C43H53NO14. The van der Waals surface area contributed by atoms with Crippen molar-refractivity contribution in [3.8, 4) is 0 Å². The molecule has 1 amide bonds. The van der Waals surface area contributed by atoms with Crippen LogP contribution in [-0.2, 0) is 47.7 Å². The molecule has 58 heavy (non-hydrogen) atoms. The van der Waals surface area contributed by atoms with Gasteiger partial charge in [-0.3, -0.25) is 19.2 Å². The maximum Gasteiger partial charge on any atom is 0.338 e. The van der Waals surface area contributed by atoms with E-state index in [9.17, 15) is 39.3 Å². The number of allylic oxidation sites excluding steroid dienone is 2. The van der Waals surface area contributed by atoms with Gasteiger partial charge in [-0.05, 0) is 63.0 Å². The van der Waals surface area contributed by atoms with E-state index in [1.807, 2.05) is 0 Å². The Morgan fingerprint density at radius 3 is 2.33 bits per heavy atom. The number of ether oxygens (including phenoxy) is 5. The molecule has 3 fully saturated rings. The Balaban J connectivity index is 1.65. The Labute approximate surface area is 336 Å². The third kappa shape index (κ3) is 7.09. The van der Waals surface area contributed by atoms with Gasteiger partial charge in [0.15, 0.2) is 23.6 Å². The number of hydrogen-bond donors (Lipinski definition) is 4. The molecule has 4 N–H and O–H groups in total. The first-order chi connectivity index (χ1) is 27.1. The molecule has 6 rings (SSSR count). The lowest BCUT2D eigenvalue weighted by atomic mass is 9.44. The lowest BCUT2D eigenvalue weighted by Gasteiger charge is -2.67. The minimum Gasteiger partial charge on any atom is -0.456 e. The Bertz CT molecular complexity index is 2000. The molecule has 5 aliphatic rings. The quantitative estimate of drug-likeness (QED) is 0.196. The topological polar surface area (TPSA) is 221 Å². The molecule has 2 aliphatic heterocycles. The highest BCUT2D eigenvalue weighted by molar-refractivity contribution is 5.96. The fourth-order valence-corrected chi connectivity index (χ4v) is 9.83. The number of carbonyl (C=O) groups excluding carboxylic acids is 6. The molecule has 1 aromatic rings. The van der Waals surface area contributed by atoms with E-state index in [0.717, 1.165) is 13.8 Å². The molecule has 11 atom stereocenters. The van der Waals surface area contributed by atoms with Gasteiger partial charge in [-0.2, -0.15) is 0 Å². The maximum absolute atomic E-state index is 15.4. The van der Waals surface area contributed by atoms with Gasteiger partial charge in [0.05, 0.1) is 35.6 Å². The van der Waals surface area contributed by atoms with Gasteiger partial charge in [0, 0.05) is 38.5 Å². The van der Waals surface area contributed by atoms with Gasteiger partial charge in [-0.25, -0.2) is 9.59 Å². The highest BCUT2D eigenvalue weighted by Crippen LogP contribution is 2.64. The number of carbonyl (C=O) groups is 6. The SMILES string of the molecule is CC(=O)OC1C(=O)C2(C)C(O)CC3OCC3(OC(C)=O)C2C2OC(=O)c3cccc(c3)C=CCCC(=O)NC(C=C(C)C)C(O)C(=O)OC3CC2(O)C(C)(C)C1=C3C. The average Bonchev–Trinajstić information content (AvgIpc) is 3.13. The van der Waals surface area contributed by atoms with E-state index in [4.69, 9.17) is 23.7 Å². The highest BCUT2D eigenvalue weighted by Gasteiger charge is 2.78. The first kappa shape index (κ1) is 42.9. The van der Waals surface area contributed by atoms with Crippen molar-refractivity contribution < 1.29 is 67.8 Å². The Morgan fingerprint density at radius 2 is 1.71 bits per heavy atom. The van der Waals surface area contributed by atoms with Crippen molar-refractivity contribution >= 4 is 41.6 Å². The number of aliphatic hydroxyl groups excluding tert-OH is 2. The molecule has 11 unspecified atom stereocenters. The Kier molecular flexibility index (Phi) is 11.4. The molecule has 15 nitrogen and oxygen atoms in total. The van der Waals surface area contributed by atoms with Crippen molar-refractivity contribution in [2.45, 2.75) is 135 Å². The van der Waals surface area contributed by atoms with Gasteiger partial charge >= 0.3 is 23.9 Å². The number of ketones is 1. The standard InChI is InChI=1S/C43H53NO14/c1-21(2)16-27-33(49)39(52)56-28-19-43(53)37(57-38(51)26-14-11-13-25(17-26)12-9-10-15-31(48)44-27)35-41(8,29(47)18-30-42(35,20-54-30)58-24(5)46)36(50)34(55-23(4)45)32(22(28)3)40(43,6)7/h9,11-14,16-17,27-30,33-35,37,47,49,53H,10,15,18-20H2,1-8H3,(H,44,48). The number of Topliss-reactive ketones (excluding diaryl/α,β-unsaturated/α-hetero) is 1. The predicted octanol–water partition coefficient (Wildman–Crippen LogP) is 2.82. The van der Waals surface area contributed by atoms with Crippen LogP contribution in [0.1, 0.15) is 97.0 Å². The van der Waals surface area contributed by atoms with E-state index in [-0.39, 0.29) is 42.6 Å². The second-order valence-electron chi connectivity index (χ2n) is 17.2. The second kappa shape index (κ2) is 15.5. The van der Waals surface area contributed by atoms with Gasteiger partial charge in [0.2, 0.25) is 5.91 Å². The van der Waals surface area contributed by atoms with Crippen molar-refractivity contribution in [1.29, 1.82) is 0 Å². The summed E-state index contributed by atoms with van der Waals surface area (Å²) in [6.07, 6.45) is -5.08. The minimum atomic E-state index is -2.36. The smallest absolute Gasteiger partial charge is 0.338 e. The first-order valence-electron chi connectivity index (χ1n) is 19.5. The molecule has 2 heterocycles. The number of amides is 1. The number of nitrogens with one attached hydrogen (secondary N) is 1. The number of esters is 4. The summed E-state index contributed by atoms with van der Waals surface area (Å²) in [4.78, 5) is 82.9. The van der Waals surface area contributed by atoms with Crippen molar-refractivity contribution in [2.24, 2.45) is 16.7 Å². The summed E-state index contributed by atoms with van der Waals surface area (Å²) in [7, 11) is 0. The molecular weight excluding hydrogens is 754 g/mol. The second-order valence-corrected chi connectivity index (χ2v) is 17.2. The zero-order valence-electron chi connectivity index (χ0n) is 34.0. The molecule has 5 bridgehead atoms. The van der Waals surface area contributed by atoms with Crippen molar-refractivity contribution in [3.05, 3.63) is 64.3 Å². The van der Waals surface area contributed by atoms with Crippen LogP contribution in [-0.4, -0.2) is 111 Å². The van der Waals surface area contributed by atoms with Gasteiger partial charge in [-0.15, -0.1) is 0 Å². The van der Waals surface area contributed by atoms with Crippen molar-refractivity contribution in [1.82, 2.24) is 5.32 Å². The van der Waals surface area contributed by atoms with E-state index in [1.165, 1.54) is 26.0 Å². The van der Waals surface area contributed by atoms with Crippen LogP contribution in [0.25, 0.3) is 6.08 Å². The monoisotopic (exact) mass is 807 g/mol. The number of aliphatic hydroxyl groups is 3. The lowest BCUT2D eigenvalue weighted by Crippen LogP contribution is -2.82. The van der Waals surface area contributed by atoms with Gasteiger partial charge in [0.25, 0.3) is 0 Å². The maximum atomic E-state index is 15.4. The largest absolute Gasteiger partial charge is 0.456 e. The molecule has 1 saturated heterocycles. The van der Waals surface area contributed by atoms with Gasteiger partial charge in [0.1, 0.15) is 23.9 Å². The summed E-state index contributed by atoms with van der Waals surface area (Å²) >= 11 is 0. The third-order valence-corrected chi connectivity index (χ3v) is 12.8. The summed E-state index contributed by atoms with van der Waals surface area (Å²) in [5.41, 5.74) is -6.30. The zero-order chi connectivity index (χ0) is 42.7. The van der Waals surface area contributed by atoms with Crippen LogP contribution in [0.3, 0.4) is 0 Å². The first-order valence-corrected chi connectivity index (χ1v) is 19.5. The van der Waals surface area contributed by atoms with Crippen LogP contribution in [0, 0.1) is 16.7 Å². The number of hydrogen-bond acceptors (Lipinski definition) is 14. The third-order valence-electron chi connectivity index (χ3n) is 12.8. The summed E-state index contributed by atoms with van der Waals surface area (Å²) in [6.45, 7) is 11.5. The molecule has 0 aromatic heterocycles. The highest BCUT2D eigenvalue weighted by atomic mass is 16.6. The predicted molar refractivity (Wildman–Crippen MR) is 204 cm³/mol. The van der Waals surface area contributed by atoms with Crippen LogP contribution in [0.4, 0.5) is 0 Å². The molecule has 3 aliphatic carbocycles. The fraction of sp³-hybridized carbons (Fsp3) is 0.581. The summed E-state index contributed by atoms with van der Waals surface area (Å²) in [6, 6.07) is 5.16. The molecule has 2 saturated carbocycles. The van der Waals surface area contributed by atoms with Crippen LogP contribution in [0.15, 0.2) is 53.1 Å². The fourth-order valence-electron chi connectivity index (χ4n) is 9.83. The van der Waals surface area contributed by atoms with Crippen LogP contribution >= 0.6 is 0 Å². The van der Waals surface area contributed by atoms with Crippen LogP contribution in [0.2, 0.25) is 0 Å². The summed E-state index contributed by atoms with van der Waals surface area (Å²) < 4.78 is 30.2. The number of rotatable bonds is 3. The molecule has 0 radical (unpaired) electrons. The van der Waals surface area contributed by atoms with Gasteiger partial charge in [-0.1, -0.05) is 49.8 Å². The van der Waals surface area contributed by atoms with E-state index in [0.29, 0.717) is 11.1 Å². The average molecular weight is 808 g/mol. The number of benzene rings is 1. The summed E-state index contributed by atoms with van der Waals surface area (Å²) in [5, 5.41) is 39.8. The van der Waals surface area contributed by atoms with Gasteiger partial charge < -0.3 is 44.3 Å². The molecule has 1 aromatic carbocycles. The lowest BCUT2D eigenvalue weighted by molar-refractivity contribution is -0.346. The molecule has 15 heteroatoms. The molecule has 0 spiro atoms. The number of fused-ring (bicyclic) bond motifs is 8. The Hall–Kier alpha value is -4.70. The Morgan fingerprint density at radius 1 is 1.00 bits per heavy atom. The summed E-state index contributed by atoms with van der Waals surface area (Å²) in [5.74, 6) is -6.63.